The number of hydrogen-bond acceptors (Lipinski definition) is 0. The molecule has 0 spiro atoms. The molecule has 0 bridgehead atoms. The standard InChI is InChI=1S/C7H7F8/c1-2-6(12,13)7(14,15)3-5(10,11)4(8)9/h4H,1-3H2. The molecule has 0 aliphatic heterocycles. The summed E-state index contributed by atoms with van der Waals surface area (Å²) in [5.74, 6) is -15.2. The van der Waals surface area contributed by atoms with Crippen molar-refractivity contribution < 1.29 is 35.1 Å². The quantitative estimate of drug-likeness (QED) is 0.645. The van der Waals surface area contributed by atoms with Crippen molar-refractivity contribution in [2.75, 3.05) is 0 Å². The molecule has 0 unspecified atom stereocenters. The molecule has 0 aromatic carbocycles. The van der Waals surface area contributed by atoms with Crippen LogP contribution < -0.4 is 0 Å². The third-order valence-corrected chi connectivity index (χ3v) is 1.63. The van der Waals surface area contributed by atoms with Crippen LogP contribution in [0.25, 0.3) is 0 Å². The van der Waals surface area contributed by atoms with Crippen molar-refractivity contribution in [1.29, 1.82) is 0 Å². The first-order valence-corrected chi connectivity index (χ1v) is 3.67. The Morgan fingerprint density at radius 1 is 0.867 bits per heavy atom. The van der Waals surface area contributed by atoms with Gasteiger partial charge in [-0.3, -0.25) is 0 Å². The molecule has 0 heterocycles. The van der Waals surface area contributed by atoms with Gasteiger partial charge in [-0.25, -0.2) is 17.6 Å². The second-order valence-electron chi connectivity index (χ2n) is 2.90. The van der Waals surface area contributed by atoms with Crippen LogP contribution in [0.15, 0.2) is 0 Å². The predicted molar refractivity (Wildman–Crippen MR) is 35.4 cm³/mol. The Morgan fingerprint density at radius 2 is 1.27 bits per heavy atom. The lowest BCUT2D eigenvalue weighted by atomic mass is 10.0. The summed E-state index contributed by atoms with van der Waals surface area (Å²) in [5.41, 5.74) is 0. The molecular weight excluding hydrogens is 236 g/mol. The van der Waals surface area contributed by atoms with Crippen LogP contribution in [-0.4, -0.2) is 24.2 Å². The zero-order valence-electron chi connectivity index (χ0n) is 7.22. The molecule has 0 nitrogen and oxygen atoms in total. The van der Waals surface area contributed by atoms with Gasteiger partial charge in [0.15, 0.2) is 0 Å². The molecule has 91 valence electrons. The molecule has 0 amide bonds. The lowest BCUT2D eigenvalue weighted by Gasteiger charge is -2.28. The molecule has 0 aromatic heterocycles. The molecule has 1 radical (unpaired) electrons. The van der Waals surface area contributed by atoms with E-state index in [1.54, 1.807) is 0 Å². The molecular formula is C7H7F8. The third-order valence-electron chi connectivity index (χ3n) is 1.63. The molecule has 0 saturated carbocycles. The van der Waals surface area contributed by atoms with Gasteiger partial charge >= 0.3 is 24.2 Å². The van der Waals surface area contributed by atoms with E-state index in [2.05, 4.69) is 6.92 Å². The van der Waals surface area contributed by atoms with Crippen LogP contribution in [0.2, 0.25) is 0 Å². The van der Waals surface area contributed by atoms with Gasteiger partial charge in [0.05, 0.1) is 6.42 Å². The molecule has 15 heavy (non-hydrogen) atoms. The highest BCUT2D eigenvalue weighted by Gasteiger charge is 2.61. The monoisotopic (exact) mass is 243 g/mol. The zero-order chi connectivity index (χ0) is 12.5. The highest BCUT2D eigenvalue weighted by Crippen LogP contribution is 2.44. The van der Waals surface area contributed by atoms with Gasteiger partial charge in [-0.15, -0.1) is 0 Å². The van der Waals surface area contributed by atoms with Crippen LogP contribution in [0.5, 0.6) is 0 Å². The van der Waals surface area contributed by atoms with E-state index in [4.69, 9.17) is 0 Å². The van der Waals surface area contributed by atoms with Gasteiger partial charge in [0, 0.05) is 6.42 Å². The van der Waals surface area contributed by atoms with Crippen LogP contribution in [0.3, 0.4) is 0 Å². The SMILES string of the molecule is [CH2]CC(F)(F)C(F)(F)CC(F)(F)C(F)F. The average molecular weight is 243 g/mol. The maximum atomic E-state index is 12.5. The summed E-state index contributed by atoms with van der Waals surface area (Å²) >= 11 is 0. The van der Waals surface area contributed by atoms with Gasteiger partial charge in [-0.1, -0.05) is 0 Å². The van der Waals surface area contributed by atoms with Gasteiger partial charge < -0.3 is 0 Å². The number of hydrogen-bond donors (Lipinski definition) is 0. The van der Waals surface area contributed by atoms with E-state index in [1.165, 1.54) is 0 Å². The number of alkyl halides is 8. The van der Waals surface area contributed by atoms with E-state index in [0.29, 0.717) is 0 Å². The summed E-state index contributed by atoms with van der Waals surface area (Å²) in [5, 5.41) is 0. The summed E-state index contributed by atoms with van der Waals surface area (Å²) in [6.45, 7) is 2.44. The molecule has 0 aliphatic carbocycles. The Kier molecular flexibility index (Phi) is 3.98. The molecule has 0 fully saturated rings. The predicted octanol–water partition coefficient (Wildman–Crippen LogP) is 3.77. The minimum absolute atomic E-state index is 1.65. The summed E-state index contributed by atoms with van der Waals surface area (Å²) in [7, 11) is 0. The van der Waals surface area contributed by atoms with E-state index in [9.17, 15) is 35.1 Å². The highest BCUT2D eigenvalue weighted by atomic mass is 19.3. The van der Waals surface area contributed by atoms with Crippen molar-refractivity contribution >= 4 is 0 Å². The van der Waals surface area contributed by atoms with Crippen LogP contribution in [0.4, 0.5) is 35.1 Å². The van der Waals surface area contributed by atoms with Gasteiger partial charge in [-0.2, -0.15) is 17.6 Å². The van der Waals surface area contributed by atoms with Crippen molar-refractivity contribution in [3.05, 3.63) is 6.92 Å². The third kappa shape index (κ3) is 3.20. The first-order valence-electron chi connectivity index (χ1n) is 3.67. The van der Waals surface area contributed by atoms with Crippen LogP contribution in [0, 0.1) is 6.92 Å². The highest BCUT2D eigenvalue weighted by molar-refractivity contribution is 4.90. The second kappa shape index (κ2) is 4.13. The Morgan fingerprint density at radius 3 is 1.53 bits per heavy atom. The number of halogens is 8. The van der Waals surface area contributed by atoms with E-state index in [0.717, 1.165) is 0 Å². The second-order valence-corrected chi connectivity index (χ2v) is 2.90. The van der Waals surface area contributed by atoms with Crippen molar-refractivity contribution in [1.82, 2.24) is 0 Å². The summed E-state index contributed by atoms with van der Waals surface area (Å²) in [4.78, 5) is 0. The first-order chi connectivity index (χ1) is 6.46. The average Bonchev–Trinajstić information content (AvgIpc) is 2.01. The molecule has 0 atom stereocenters. The summed E-state index contributed by atoms with van der Waals surface area (Å²) in [6.07, 6.45) is -8.97. The lowest BCUT2D eigenvalue weighted by Crippen LogP contribution is -2.46. The van der Waals surface area contributed by atoms with E-state index in [1.807, 2.05) is 0 Å². The maximum Gasteiger partial charge on any atom is 0.316 e. The maximum absolute atomic E-state index is 12.5. The molecule has 0 aromatic rings. The minimum atomic E-state index is -5.21. The Hall–Kier alpha value is -0.560. The van der Waals surface area contributed by atoms with Gasteiger partial charge in [0.2, 0.25) is 0 Å². The largest absolute Gasteiger partial charge is 0.316 e. The minimum Gasteiger partial charge on any atom is -0.204 e. The Labute approximate surface area is 80.3 Å². The smallest absolute Gasteiger partial charge is 0.204 e. The van der Waals surface area contributed by atoms with E-state index < -0.39 is 37.0 Å². The van der Waals surface area contributed by atoms with Crippen molar-refractivity contribution in [3.8, 4) is 0 Å². The lowest BCUT2D eigenvalue weighted by molar-refractivity contribution is -0.255. The number of rotatable bonds is 5. The van der Waals surface area contributed by atoms with Crippen LogP contribution in [-0.2, 0) is 0 Å². The normalized spacial score (nSPS) is 14.8. The van der Waals surface area contributed by atoms with Gasteiger partial charge in [0.25, 0.3) is 0 Å². The zero-order valence-corrected chi connectivity index (χ0v) is 7.22. The fourth-order valence-electron chi connectivity index (χ4n) is 0.685. The molecule has 0 N–H and O–H groups in total. The molecule has 0 rings (SSSR count). The first kappa shape index (κ1) is 14.4. The van der Waals surface area contributed by atoms with Crippen LogP contribution >= 0.6 is 0 Å². The van der Waals surface area contributed by atoms with Gasteiger partial charge in [0.1, 0.15) is 0 Å². The van der Waals surface area contributed by atoms with E-state index in [-0.39, 0.29) is 0 Å². The van der Waals surface area contributed by atoms with Gasteiger partial charge in [-0.05, 0) is 6.92 Å². The van der Waals surface area contributed by atoms with Crippen molar-refractivity contribution in [2.45, 2.75) is 37.0 Å². The summed E-state index contributed by atoms with van der Waals surface area (Å²) in [6, 6.07) is 0. The van der Waals surface area contributed by atoms with Crippen molar-refractivity contribution in [3.63, 3.8) is 0 Å². The Bertz CT molecular complexity index is 209. The fourth-order valence-corrected chi connectivity index (χ4v) is 0.685. The summed E-state index contributed by atoms with van der Waals surface area (Å²) < 4.78 is 96.8. The fraction of sp³-hybridized carbons (Fsp3) is 0.857. The molecule has 0 saturated heterocycles. The Balaban J connectivity index is 4.79. The topological polar surface area (TPSA) is 0 Å². The van der Waals surface area contributed by atoms with Crippen molar-refractivity contribution in [2.24, 2.45) is 0 Å². The molecule has 8 heteroatoms. The van der Waals surface area contributed by atoms with Crippen LogP contribution in [0.1, 0.15) is 12.8 Å². The molecule has 0 aliphatic rings. The van der Waals surface area contributed by atoms with E-state index >= 15 is 0 Å².